The van der Waals surface area contributed by atoms with Crippen LogP contribution in [0.25, 0.3) is 10.9 Å². The SMILES string of the molecule is Cc1ccc2nc(N3CCC(NCCC(=O)O)C3)ccc2c1NC(=O)CC1CCCCC1. The number of aliphatic carboxylic acids is 1. The van der Waals surface area contributed by atoms with E-state index >= 15 is 0 Å². The predicted octanol–water partition coefficient (Wildman–Crippen LogP) is 4.10. The standard InChI is InChI=1S/C25H34N4O3/c1-17-7-9-21-20(25(17)28-23(30)15-18-5-3-2-4-6-18)8-10-22(27-21)29-14-12-19(16-29)26-13-11-24(31)32/h7-10,18-19,26H,2-6,11-16H2,1H3,(H,28,30)(H,31,32). The molecular weight excluding hydrogens is 404 g/mol. The average Bonchev–Trinajstić information content (AvgIpc) is 3.25. The topological polar surface area (TPSA) is 94.6 Å². The highest BCUT2D eigenvalue weighted by Crippen LogP contribution is 2.31. The van der Waals surface area contributed by atoms with Gasteiger partial charge in [-0.15, -0.1) is 0 Å². The largest absolute Gasteiger partial charge is 0.481 e. The van der Waals surface area contributed by atoms with Crippen molar-refractivity contribution in [3.05, 3.63) is 29.8 Å². The highest BCUT2D eigenvalue weighted by Gasteiger charge is 2.24. The number of nitrogens with one attached hydrogen (secondary N) is 2. The van der Waals surface area contributed by atoms with Crippen molar-refractivity contribution in [2.24, 2.45) is 5.92 Å². The van der Waals surface area contributed by atoms with E-state index in [-0.39, 0.29) is 18.4 Å². The highest BCUT2D eigenvalue weighted by molar-refractivity contribution is 6.02. The lowest BCUT2D eigenvalue weighted by Gasteiger charge is -2.22. The lowest BCUT2D eigenvalue weighted by molar-refractivity contribution is -0.136. The average molecular weight is 439 g/mol. The number of amides is 1. The minimum absolute atomic E-state index is 0.103. The molecule has 1 atom stereocenters. The van der Waals surface area contributed by atoms with Crippen LogP contribution in [0, 0.1) is 12.8 Å². The van der Waals surface area contributed by atoms with Crippen molar-refractivity contribution in [2.45, 2.75) is 64.3 Å². The number of fused-ring (bicyclic) bond motifs is 1. The van der Waals surface area contributed by atoms with E-state index in [1.54, 1.807) is 0 Å². The molecule has 3 N–H and O–H groups in total. The number of hydrogen-bond donors (Lipinski definition) is 3. The molecule has 2 aromatic rings. The van der Waals surface area contributed by atoms with E-state index in [0.717, 1.165) is 60.3 Å². The van der Waals surface area contributed by atoms with Crippen molar-refractivity contribution in [3.63, 3.8) is 0 Å². The van der Waals surface area contributed by atoms with Gasteiger partial charge in [-0.2, -0.15) is 0 Å². The van der Waals surface area contributed by atoms with E-state index < -0.39 is 5.97 Å². The zero-order valence-electron chi connectivity index (χ0n) is 18.9. The zero-order valence-corrected chi connectivity index (χ0v) is 18.9. The molecule has 1 aromatic carbocycles. The third-order valence-corrected chi connectivity index (χ3v) is 6.81. The Labute approximate surface area is 189 Å². The zero-order chi connectivity index (χ0) is 22.5. The monoisotopic (exact) mass is 438 g/mol. The van der Waals surface area contributed by atoms with Crippen LogP contribution in [-0.2, 0) is 9.59 Å². The number of hydrogen-bond acceptors (Lipinski definition) is 5. The first-order chi connectivity index (χ1) is 15.5. The van der Waals surface area contributed by atoms with Gasteiger partial charge in [0.1, 0.15) is 5.82 Å². The molecule has 1 aliphatic heterocycles. The van der Waals surface area contributed by atoms with Crippen molar-refractivity contribution in [3.8, 4) is 0 Å². The molecule has 4 rings (SSSR count). The molecule has 2 aliphatic rings. The third kappa shape index (κ3) is 5.57. The number of carboxylic acids is 1. The summed E-state index contributed by atoms with van der Waals surface area (Å²) in [6, 6.07) is 8.41. The van der Waals surface area contributed by atoms with Gasteiger partial charge in [-0.25, -0.2) is 4.98 Å². The second-order valence-corrected chi connectivity index (χ2v) is 9.28. The molecule has 1 amide bonds. The fourth-order valence-electron chi connectivity index (χ4n) is 5.01. The normalized spacial score (nSPS) is 19.4. The number of pyridine rings is 1. The Balaban J connectivity index is 1.43. The Morgan fingerprint density at radius 2 is 1.94 bits per heavy atom. The Morgan fingerprint density at radius 3 is 2.72 bits per heavy atom. The maximum atomic E-state index is 12.7. The van der Waals surface area contributed by atoms with E-state index in [0.29, 0.717) is 18.9 Å². The van der Waals surface area contributed by atoms with Crippen LogP contribution >= 0.6 is 0 Å². The molecule has 0 spiro atoms. The Bertz CT molecular complexity index is 971. The number of carbonyl (C=O) groups is 2. The van der Waals surface area contributed by atoms with Gasteiger partial charge in [-0.1, -0.05) is 25.3 Å². The molecular formula is C25H34N4O3. The number of carbonyl (C=O) groups excluding carboxylic acids is 1. The molecule has 2 heterocycles. The van der Waals surface area contributed by atoms with Crippen LogP contribution in [0.3, 0.4) is 0 Å². The minimum atomic E-state index is -0.777. The van der Waals surface area contributed by atoms with Crippen molar-refractivity contribution in [1.82, 2.24) is 10.3 Å². The van der Waals surface area contributed by atoms with E-state index in [1.807, 2.05) is 25.1 Å². The van der Waals surface area contributed by atoms with E-state index in [2.05, 4.69) is 21.6 Å². The molecule has 1 aromatic heterocycles. The van der Waals surface area contributed by atoms with E-state index in [9.17, 15) is 9.59 Å². The van der Waals surface area contributed by atoms with Crippen molar-refractivity contribution in [1.29, 1.82) is 0 Å². The van der Waals surface area contributed by atoms with Crippen LogP contribution in [0.1, 0.15) is 56.9 Å². The van der Waals surface area contributed by atoms with Gasteiger partial charge in [0.25, 0.3) is 0 Å². The second kappa shape index (κ2) is 10.3. The van der Waals surface area contributed by atoms with Gasteiger partial charge in [0, 0.05) is 37.5 Å². The van der Waals surface area contributed by atoms with Gasteiger partial charge in [0.2, 0.25) is 5.91 Å². The fraction of sp³-hybridized carbons (Fsp3) is 0.560. The number of anilines is 2. The van der Waals surface area contributed by atoms with Gasteiger partial charge in [-0.3, -0.25) is 9.59 Å². The number of nitrogens with zero attached hydrogens (tertiary/aromatic N) is 2. The summed E-state index contributed by atoms with van der Waals surface area (Å²) in [5.74, 6) is 0.756. The number of aromatic nitrogens is 1. The smallest absolute Gasteiger partial charge is 0.304 e. The molecule has 2 fully saturated rings. The van der Waals surface area contributed by atoms with Crippen LogP contribution in [0.2, 0.25) is 0 Å². The Morgan fingerprint density at radius 1 is 1.12 bits per heavy atom. The lowest BCUT2D eigenvalue weighted by atomic mass is 9.87. The molecule has 0 radical (unpaired) electrons. The fourth-order valence-corrected chi connectivity index (χ4v) is 5.01. The maximum Gasteiger partial charge on any atom is 0.304 e. The van der Waals surface area contributed by atoms with E-state index in [1.165, 1.54) is 19.3 Å². The first-order valence-corrected chi connectivity index (χ1v) is 11.9. The Kier molecular flexibility index (Phi) is 7.25. The number of aryl methyl sites for hydroxylation is 1. The summed E-state index contributed by atoms with van der Waals surface area (Å²) < 4.78 is 0. The predicted molar refractivity (Wildman–Crippen MR) is 127 cm³/mol. The van der Waals surface area contributed by atoms with Crippen molar-refractivity contribution >= 4 is 34.3 Å². The van der Waals surface area contributed by atoms with Crippen LogP contribution in [0.15, 0.2) is 24.3 Å². The molecule has 7 nitrogen and oxygen atoms in total. The molecule has 7 heteroatoms. The van der Waals surface area contributed by atoms with Gasteiger partial charge >= 0.3 is 5.97 Å². The first kappa shape index (κ1) is 22.5. The van der Waals surface area contributed by atoms with Crippen molar-refractivity contribution in [2.75, 3.05) is 29.9 Å². The summed E-state index contributed by atoms with van der Waals surface area (Å²) in [5.41, 5.74) is 2.80. The van der Waals surface area contributed by atoms with Crippen LogP contribution in [0.5, 0.6) is 0 Å². The van der Waals surface area contributed by atoms with Gasteiger partial charge < -0.3 is 20.6 Å². The summed E-state index contributed by atoms with van der Waals surface area (Å²) in [4.78, 5) is 30.6. The number of rotatable bonds is 8. The van der Waals surface area contributed by atoms with Crippen molar-refractivity contribution < 1.29 is 14.7 Å². The molecule has 1 aliphatic carbocycles. The first-order valence-electron chi connectivity index (χ1n) is 11.9. The summed E-state index contributed by atoms with van der Waals surface area (Å²) in [7, 11) is 0. The highest BCUT2D eigenvalue weighted by atomic mass is 16.4. The second-order valence-electron chi connectivity index (χ2n) is 9.28. The van der Waals surface area contributed by atoms with Crippen LogP contribution in [0.4, 0.5) is 11.5 Å². The molecule has 1 unspecified atom stereocenters. The summed E-state index contributed by atoms with van der Waals surface area (Å²) in [6.45, 7) is 4.22. The van der Waals surface area contributed by atoms with Crippen LogP contribution in [-0.4, -0.2) is 47.6 Å². The van der Waals surface area contributed by atoms with Gasteiger partial charge in [-0.05, 0) is 55.9 Å². The minimum Gasteiger partial charge on any atom is -0.481 e. The molecule has 1 saturated carbocycles. The molecule has 172 valence electrons. The van der Waals surface area contributed by atoms with Crippen LogP contribution < -0.4 is 15.5 Å². The molecule has 32 heavy (non-hydrogen) atoms. The van der Waals surface area contributed by atoms with E-state index in [4.69, 9.17) is 10.1 Å². The quantitative estimate of drug-likeness (QED) is 0.575. The summed E-state index contributed by atoms with van der Waals surface area (Å²) >= 11 is 0. The number of carboxylic acid groups (broad SMARTS) is 1. The number of benzene rings is 1. The molecule has 0 bridgehead atoms. The lowest BCUT2D eigenvalue weighted by Crippen LogP contribution is -2.34. The summed E-state index contributed by atoms with van der Waals surface area (Å²) in [5, 5.41) is 16.3. The van der Waals surface area contributed by atoms with Gasteiger partial charge in [0.05, 0.1) is 17.6 Å². The molecule has 1 saturated heterocycles. The maximum absolute atomic E-state index is 12.7. The summed E-state index contributed by atoms with van der Waals surface area (Å²) in [6.07, 6.45) is 7.81. The third-order valence-electron chi connectivity index (χ3n) is 6.81. The van der Waals surface area contributed by atoms with Gasteiger partial charge in [0.15, 0.2) is 0 Å². The Hall–Kier alpha value is -2.67.